The third-order valence-corrected chi connectivity index (χ3v) is 5.03. The van der Waals surface area contributed by atoms with Gasteiger partial charge < -0.3 is 10.8 Å². The van der Waals surface area contributed by atoms with E-state index in [0.717, 1.165) is 11.8 Å². The molecule has 1 aliphatic rings. The zero-order chi connectivity index (χ0) is 13.7. The van der Waals surface area contributed by atoms with Crippen molar-refractivity contribution in [1.82, 2.24) is 0 Å². The Morgan fingerprint density at radius 2 is 1.83 bits per heavy atom. The SMILES string of the molecule is Cc1ccc([C@@H]2[C@@H](S(C)(=O)=O)[C@@]2(N)C(=O)O)cc1. The molecule has 18 heavy (non-hydrogen) atoms. The van der Waals surface area contributed by atoms with E-state index in [4.69, 9.17) is 10.8 Å². The molecule has 3 N–H and O–H groups in total. The van der Waals surface area contributed by atoms with Gasteiger partial charge in [0, 0.05) is 12.2 Å². The van der Waals surface area contributed by atoms with Crippen molar-refractivity contribution in [3.63, 3.8) is 0 Å². The Labute approximate surface area is 106 Å². The molecule has 1 aromatic rings. The number of sulfone groups is 1. The van der Waals surface area contributed by atoms with Gasteiger partial charge in [0.05, 0.1) is 5.25 Å². The number of carboxylic acid groups (broad SMARTS) is 1. The Balaban J connectivity index is 2.45. The van der Waals surface area contributed by atoms with Gasteiger partial charge in [0.25, 0.3) is 0 Å². The van der Waals surface area contributed by atoms with Crippen LogP contribution in [-0.4, -0.2) is 36.5 Å². The van der Waals surface area contributed by atoms with Gasteiger partial charge in [0.15, 0.2) is 9.84 Å². The lowest BCUT2D eigenvalue weighted by molar-refractivity contribution is -0.139. The second kappa shape index (κ2) is 3.80. The number of benzene rings is 1. The predicted molar refractivity (Wildman–Crippen MR) is 67.1 cm³/mol. The van der Waals surface area contributed by atoms with Crippen LogP contribution in [0.1, 0.15) is 17.0 Å². The Morgan fingerprint density at radius 1 is 1.33 bits per heavy atom. The average molecular weight is 269 g/mol. The van der Waals surface area contributed by atoms with E-state index in [-0.39, 0.29) is 0 Å². The van der Waals surface area contributed by atoms with Crippen LogP contribution in [-0.2, 0) is 14.6 Å². The zero-order valence-corrected chi connectivity index (χ0v) is 10.9. The summed E-state index contributed by atoms with van der Waals surface area (Å²) in [5, 5.41) is 8.09. The highest BCUT2D eigenvalue weighted by molar-refractivity contribution is 7.91. The van der Waals surface area contributed by atoms with Gasteiger partial charge >= 0.3 is 5.97 Å². The second-order valence-electron chi connectivity index (χ2n) is 4.88. The minimum Gasteiger partial charge on any atom is -0.480 e. The first-order valence-electron chi connectivity index (χ1n) is 5.46. The standard InChI is InChI=1S/C12H15NO4S/c1-7-3-5-8(6-4-7)9-10(18(2,16)17)12(9,13)11(14)15/h3-6,9-10H,13H2,1-2H3,(H,14,15)/t9-,10-,12-/m1/s1. The summed E-state index contributed by atoms with van der Waals surface area (Å²) < 4.78 is 23.2. The molecular weight excluding hydrogens is 254 g/mol. The summed E-state index contributed by atoms with van der Waals surface area (Å²) in [5.74, 6) is -1.95. The quantitative estimate of drug-likeness (QED) is 0.821. The molecule has 1 aromatic carbocycles. The summed E-state index contributed by atoms with van der Waals surface area (Å²) >= 11 is 0. The molecule has 2 rings (SSSR count). The molecule has 0 heterocycles. The Hall–Kier alpha value is -1.40. The van der Waals surface area contributed by atoms with Crippen LogP contribution in [0, 0.1) is 6.92 Å². The maximum absolute atomic E-state index is 11.6. The predicted octanol–water partition coefficient (Wildman–Crippen LogP) is 0.288. The van der Waals surface area contributed by atoms with Gasteiger partial charge in [-0.05, 0) is 12.5 Å². The van der Waals surface area contributed by atoms with Gasteiger partial charge in [-0.1, -0.05) is 29.8 Å². The van der Waals surface area contributed by atoms with Gasteiger partial charge in [-0.3, -0.25) is 4.79 Å². The maximum atomic E-state index is 11.6. The van der Waals surface area contributed by atoms with E-state index in [1.807, 2.05) is 19.1 Å². The van der Waals surface area contributed by atoms with Gasteiger partial charge in [0.2, 0.25) is 0 Å². The van der Waals surface area contributed by atoms with Crippen LogP contribution >= 0.6 is 0 Å². The normalized spacial score (nSPS) is 31.1. The van der Waals surface area contributed by atoms with Crippen molar-refractivity contribution < 1.29 is 18.3 Å². The van der Waals surface area contributed by atoms with Gasteiger partial charge in [0.1, 0.15) is 5.54 Å². The van der Waals surface area contributed by atoms with Crippen LogP contribution in [0.2, 0.25) is 0 Å². The molecule has 1 saturated carbocycles. The fraction of sp³-hybridized carbons (Fsp3) is 0.417. The third-order valence-electron chi connectivity index (χ3n) is 3.45. The van der Waals surface area contributed by atoms with Crippen LogP contribution in [0.5, 0.6) is 0 Å². The Bertz CT molecular complexity index is 593. The molecule has 6 heteroatoms. The number of carboxylic acids is 1. The van der Waals surface area contributed by atoms with Crippen molar-refractivity contribution in [2.75, 3.05) is 6.26 Å². The molecule has 98 valence electrons. The van der Waals surface area contributed by atoms with Crippen molar-refractivity contribution in [3.8, 4) is 0 Å². The molecule has 0 saturated heterocycles. The topological polar surface area (TPSA) is 97.5 Å². The van der Waals surface area contributed by atoms with E-state index in [1.54, 1.807) is 12.1 Å². The number of nitrogens with two attached hydrogens (primary N) is 1. The first-order valence-corrected chi connectivity index (χ1v) is 7.42. The van der Waals surface area contributed by atoms with Crippen molar-refractivity contribution in [2.24, 2.45) is 5.73 Å². The van der Waals surface area contributed by atoms with Gasteiger partial charge in [-0.2, -0.15) is 0 Å². The highest BCUT2D eigenvalue weighted by Gasteiger charge is 2.73. The summed E-state index contributed by atoms with van der Waals surface area (Å²) in [5.41, 5.74) is 5.73. The summed E-state index contributed by atoms with van der Waals surface area (Å²) in [4.78, 5) is 11.2. The number of hydrogen-bond acceptors (Lipinski definition) is 4. The summed E-state index contributed by atoms with van der Waals surface area (Å²) in [6, 6.07) is 7.09. The maximum Gasteiger partial charge on any atom is 0.325 e. The summed E-state index contributed by atoms with van der Waals surface area (Å²) in [6.07, 6.45) is 1.02. The number of aliphatic carboxylic acids is 1. The Kier molecular flexibility index (Phi) is 2.75. The third kappa shape index (κ3) is 1.81. The van der Waals surface area contributed by atoms with Crippen LogP contribution in [0.15, 0.2) is 24.3 Å². The average Bonchev–Trinajstić information content (AvgIpc) is 2.87. The van der Waals surface area contributed by atoms with Gasteiger partial charge in [-0.25, -0.2) is 8.42 Å². The first-order chi connectivity index (χ1) is 8.19. The molecule has 0 unspecified atom stereocenters. The minimum atomic E-state index is -3.50. The lowest BCUT2D eigenvalue weighted by Gasteiger charge is -2.05. The van der Waals surface area contributed by atoms with E-state index < -0.39 is 32.5 Å². The monoisotopic (exact) mass is 269 g/mol. The zero-order valence-electron chi connectivity index (χ0n) is 10.1. The van der Waals surface area contributed by atoms with Crippen molar-refractivity contribution in [3.05, 3.63) is 35.4 Å². The minimum absolute atomic E-state index is 0.654. The molecule has 5 nitrogen and oxygen atoms in total. The van der Waals surface area contributed by atoms with E-state index in [0.29, 0.717) is 5.56 Å². The highest BCUT2D eigenvalue weighted by Crippen LogP contribution is 2.54. The van der Waals surface area contributed by atoms with E-state index >= 15 is 0 Å². The molecule has 0 aliphatic heterocycles. The van der Waals surface area contributed by atoms with E-state index in [1.165, 1.54) is 0 Å². The Morgan fingerprint density at radius 3 is 2.17 bits per heavy atom. The summed E-state index contributed by atoms with van der Waals surface area (Å²) in [7, 11) is -3.50. The number of aryl methyl sites for hydroxylation is 1. The highest BCUT2D eigenvalue weighted by atomic mass is 32.2. The number of hydrogen-bond donors (Lipinski definition) is 2. The molecule has 0 spiro atoms. The van der Waals surface area contributed by atoms with Crippen LogP contribution in [0.4, 0.5) is 0 Å². The second-order valence-corrected chi connectivity index (χ2v) is 7.04. The molecule has 1 aliphatic carbocycles. The molecule has 3 atom stereocenters. The molecule has 0 aromatic heterocycles. The van der Waals surface area contributed by atoms with E-state index in [9.17, 15) is 13.2 Å². The fourth-order valence-corrected chi connectivity index (χ4v) is 4.21. The molecule has 0 amide bonds. The van der Waals surface area contributed by atoms with Gasteiger partial charge in [-0.15, -0.1) is 0 Å². The van der Waals surface area contributed by atoms with E-state index in [2.05, 4.69) is 0 Å². The van der Waals surface area contributed by atoms with Crippen LogP contribution < -0.4 is 5.73 Å². The number of carbonyl (C=O) groups is 1. The van der Waals surface area contributed by atoms with Crippen molar-refractivity contribution in [2.45, 2.75) is 23.6 Å². The van der Waals surface area contributed by atoms with Crippen LogP contribution in [0.3, 0.4) is 0 Å². The largest absolute Gasteiger partial charge is 0.480 e. The lowest BCUT2D eigenvalue weighted by atomic mass is 10.1. The smallest absolute Gasteiger partial charge is 0.325 e. The molecular formula is C12H15NO4S. The molecule has 0 bridgehead atoms. The summed E-state index contributed by atoms with van der Waals surface area (Å²) in [6.45, 7) is 1.90. The molecule has 1 fully saturated rings. The lowest BCUT2D eigenvalue weighted by Crippen LogP contribution is -2.39. The first kappa shape index (κ1) is 13.0. The van der Waals surface area contributed by atoms with Crippen molar-refractivity contribution >= 4 is 15.8 Å². The van der Waals surface area contributed by atoms with Crippen molar-refractivity contribution in [1.29, 1.82) is 0 Å². The molecule has 0 radical (unpaired) electrons. The fourth-order valence-electron chi connectivity index (χ4n) is 2.45. The number of rotatable bonds is 3. The van der Waals surface area contributed by atoms with Crippen LogP contribution in [0.25, 0.3) is 0 Å².